The van der Waals surface area contributed by atoms with E-state index in [4.69, 9.17) is 0 Å². The number of unbranched alkanes of at least 4 members (excludes halogenated alkanes) is 15. The third-order valence-electron chi connectivity index (χ3n) is 7.11. The Labute approximate surface area is 216 Å². The smallest absolute Gasteiger partial charge is 0.212 e. The summed E-state index contributed by atoms with van der Waals surface area (Å²) in [6.07, 6.45) is 23.6. The predicted octanol–water partition coefficient (Wildman–Crippen LogP) is 8.10. The van der Waals surface area contributed by atoms with Crippen LogP contribution in [0.3, 0.4) is 0 Å². The fourth-order valence-corrected chi connectivity index (χ4v) is 9.94. The van der Waals surface area contributed by atoms with Crippen LogP contribution in [0.5, 0.6) is 0 Å². The molecule has 0 aliphatic heterocycles. The SMILES string of the molecule is CCCCCCCCN(C)P(=[NH+]P=O)(N(C)CCCCCCCC)N(C)CCCCCCCC. The molecule has 0 unspecified atom stereocenters. The van der Waals surface area contributed by atoms with Crippen LogP contribution in [-0.2, 0) is 4.57 Å². The Bertz CT molecular complexity index is 457. The molecule has 0 aromatic heterocycles. The zero-order valence-electron chi connectivity index (χ0n) is 24.0. The van der Waals surface area contributed by atoms with Crippen molar-refractivity contribution in [2.45, 2.75) is 136 Å². The van der Waals surface area contributed by atoms with Crippen molar-refractivity contribution in [1.29, 1.82) is 0 Å². The van der Waals surface area contributed by atoms with Crippen molar-refractivity contribution in [3.05, 3.63) is 0 Å². The van der Waals surface area contributed by atoms with E-state index in [0.29, 0.717) is 0 Å². The highest BCUT2D eigenvalue weighted by Crippen LogP contribution is 2.51. The zero-order chi connectivity index (χ0) is 25.5. The molecule has 0 aromatic carbocycles. The summed E-state index contributed by atoms with van der Waals surface area (Å²) in [6.45, 7) is 10.0. The lowest BCUT2D eigenvalue weighted by atomic mass is 10.1. The molecule has 0 aliphatic carbocycles. The zero-order valence-corrected chi connectivity index (χ0v) is 25.8. The molecule has 0 heterocycles. The van der Waals surface area contributed by atoms with Crippen LogP contribution in [0, 0.1) is 0 Å². The summed E-state index contributed by atoms with van der Waals surface area (Å²) in [4.78, 5) is 0. The molecule has 1 N–H and O–H groups in total. The van der Waals surface area contributed by atoms with Gasteiger partial charge in [0.15, 0.2) is 0 Å². The third kappa shape index (κ3) is 14.7. The molecule has 204 valence electrons. The van der Waals surface area contributed by atoms with Gasteiger partial charge < -0.3 is 0 Å². The Balaban J connectivity index is 5.17. The molecule has 0 bridgehead atoms. The van der Waals surface area contributed by atoms with E-state index in [0.717, 1.165) is 19.6 Å². The van der Waals surface area contributed by atoms with Gasteiger partial charge in [0.2, 0.25) is 0 Å². The molecule has 0 aliphatic rings. The van der Waals surface area contributed by atoms with Gasteiger partial charge in [-0.2, -0.15) is 4.57 Å². The number of hydrogen-bond donors (Lipinski definition) is 1. The molecule has 7 heteroatoms. The molecule has 5 nitrogen and oxygen atoms in total. The van der Waals surface area contributed by atoms with Gasteiger partial charge in [-0.25, -0.2) is 14.0 Å². The van der Waals surface area contributed by atoms with Gasteiger partial charge in [0.1, 0.15) is 0 Å². The topological polar surface area (TPSA) is 40.8 Å². The van der Waals surface area contributed by atoms with Crippen LogP contribution in [0.1, 0.15) is 136 Å². The molecule has 0 rings (SSSR count). The van der Waals surface area contributed by atoms with Gasteiger partial charge in [-0.1, -0.05) is 117 Å². The van der Waals surface area contributed by atoms with Gasteiger partial charge in [0.05, 0.1) is 0 Å². The quantitative estimate of drug-likeness (QED) is 0.0977. The molecule has 0 fully saturated rings. The molecule has 0 spiro atoms. The second-order valence-electron chi connectivity index (χ2n) is 10.2. The van der Waals surface area contributed by atoms with Crippen LogP contribution < -0.4 is 4.52 Å². The Morgan fingerprint density at radius 1 is 0.500 bits per heavy atom. The first kappa shape index (κ1) is 34.2. The molecule has 0 amide bonds. The summed E-state index contributed by atoms with van der Waals surface area (Å²) in [5, 5.41) is 0. The minimum atomic E-state index is -2.03. The van der Waals surface area contributed by atoms with Gasteiger partial charge in [-0.05, 0) is 40.4 Å². The maximum atomic E-state index is 12.0. The van der Waals surface area contributed by atoms with Crippen molar-refractivity contribution in [1.82, 2.24) is 14.0 Å². The van der Waals surface area contributed by atoms with Crippen molar-refractivity contribution < 1.29 is 9.08 Å². The standard InChI is InChI=1S/C27H60N4OP2/c1-7-10-13-16-19-22-25-29(4)34(28-33-32,30(5)26-23-20-17-14-11-8-2)31(6)27-24-21-18-15-12-9-3/h7-27H2,1-6H3/p+1. The third-order valence-corrected chi connectivity index (χ3v) is 12.0. The highest BCUT2D eigenvalue weighted by Gasteiger charge is 2.40. The van der Waals surface area contributed by atoms with Crippen molar-refractivity contribution in [2.75, 3.05) is 40.8 Å². The van der Waals surface area contributed by atoms with Crippen molar-refractivity contribution in [3.63, 3.8) is 0 Å². The summed E-state index contributed by atoms with van der Waals surface area (Å²) in [6, 6.07) is 0. The average Bonchev–Trinajstić information content (AvgIpc) is 2.83. The first-order chi connectivity index (χ1) is 16.5. The highest BCUT2D eigenvalue weighted by atomic mass is 31.2. The van der Waals surface area contributed by atoms with E-state index < -0.39 is 7.51 Å². The van der Waals surface area contributed by atoms with E-state index in [1.54, 1.807) is 0 Å². The molecule has 0 saturated heterocycles. The average molecular weight is 520 g/mol. The Morgan fingerprint density at radius 3 is 1.03 bits per heavy atom. The fourth-order valence-electron chi connectivity index (χ4n) is 4.85. The van der Waals surface area contributed by atoms with Gasteiger partial charge in [0.25, 0.3) is 0 Å². The summed E-state index contributed by atoms with van der Waals surface area (Å²) >= 11 is 0. The van der Waals surface area contributed by atoms with Crippen LogP contribution in [0.25, 0.3) is 0 Å². The van der Waals surface area contributed by atoms with Crippen LogP contribution in [0.4, 0.5) is 0 Å². The normalized spacial score (nSPS) is 12.5. The number of nitrogens with one attached hydrogen (secondary N) is 1. The second kappa shape index (κ2) is 23.6. The minimum Gasteiger partial charge on any atom is -0.212 e. The number of rotatable bonds is 25. The van der Waals surface area contributed by atoms with Gasteiger partial charge in [-0.15, -0.1) is 4.52 Å². The van der Waals surface area contributed by atoms with Crippen LogP contribution in [0.2, 0.25) is 0 Å². The van der Waals surface area contributed by atoms with Crippen LogP contribution in [-0.4, -0.2) is 54.8 Å². The Kier molecular flexibility index (Phi) is 23.7. The second-order valence-corrected chi connectivity index (χ2v) is 14.4. The monoisotopic (exact) mass is 519 g/mol. The van der Waals surface area contributed by atoms with E-state index in [1.165, 1.54) is 116 Å². The highest BCUT2D eigenvalue weighted by molar-refractivity contribution is 7.57. The lowest BCUT2D eigenvalue weighted by molar-refractivity contribution is -0.251. The van der Waals surface area contributed by atoms with E-state index in [2.05, 4.69) is 60.4 Å². The Hall–Kier alpha value is 0.210. The van der Waals surface area contributed by atoms with Crippen molar-refractivity contribution in [3.8, 4) is 0 Å². The van der Waals surface area contributed by atoms with Crippen molar-refractivity contribution >= 4 is 16.1 Å². The molecule has 0 saturated carbocycles. The van der Waals surface area contributed by atoms with Crippen LogP contribution in [0.15, 0.2) is 0 Å². The number of nitrogens with zero attached hydrogens (tertiary/aromatic N) is 3. The lowest BCUT2D eigenvalue weighted by Gasteiger charge is -2.39. The predicted molar refractivity (Wildman–Crippen MR) is 154 cm³/mol. The van der Waals surface area contributed by atoms with Gasteiger partial charge in [0, 0.05) is 19.6 Å². The van der Waals surface area contributed by atoms with Crippen molar-refractivity contribution in [2.24, 2.45) is 0 Å². The maximum Gasteiger partial charge on any atom is 0.507 e. The summed E-state index contributed by atoms with van der Waals surface area (Å²) in [5.41, 5.74) is 0. The van der Waals surface area contributed by atoms with Gasteiger partial charge in [-0.3, -0.25) is 0 Å². The molecular formula is C27H61N4OP2+. The molecule has 0 aromatic rings. The van der Waals surface area contributed by atoms with Gasteiger partial charge >= 0.3 is 16.1 Å². The van der Waals surface area contributed by atoms with E-state index >= 15 is 0 Å². The lowest BCUT2D eigenvalue weighted by Crippen LogP contribution is -2.63. The summed E-state index contributed by atoms with van der Waals surface area (Å²) in [5.74, 6) is 0. The molecular weight excluding hydrogens is 458 g/mol. The molecule has 34 heavy (non-hydrogen) atoms. The largest absolute Gasteiger partial charge is 0.507 e. The van der Waals surface area contributed by atoms with E-state index in [1.807, 2.05) is 0 Å². The summed E-state index contributed by atoms with van der Waals surface area (Å²) in [7, 11) is 4.79. The minimum absolute atomic E-state index is 0.0483. The molecule has 0 atom stereocenters. The summed E-state index contributed by atoms with van der Waals surface area (Å²) < 4.78 is 23.1. The fraction of sp³-hybridized carbons (Fsp3) is 1.00. The first-order valence-electron chi connectivity index (χ1n) is 14.6. The number of hydrogen-bond acceptors (Lipinski definition) is 1. The Morgan fingerprint density at radius 2 is 0.765 bits per heavy atom. The first-order valence-corrected chi connectivity index (χ1v) is 17.1. The van der Waals surface area contributed by atoms with E-state index in [9.17, 15) is 4.57 Å². The maximum absolute atomic E-state index is 12.0. The molecule has 0 radical (unpaired) electrons. The van der Waals surface area contributed by atoms with Crippen LogP contribution >= 0.6 is 16.1 Å². The van der Waals surface area contributed by atoms with E-state index in [-0.39, 0.29) is 8.61 Å².